The summed E-state index contributed by atoms with van der Waals surface area (Å²) in [7, 11) is 0. The first-order valence-corrected chi connectivity index (χ1v) is 9.71. The van der Waals surface area contributed by atoms with Crippen LogP contribution in [0.25, 0.3) is 11.4 Å². The molecule has 0 saturated carbocycles. The van der Waals surface area contributed by atoms with Crippen LogP contribution >= 0.6 is 0 Å². The van der Waals surface area contributed by atoms with Crippen molar-refractivity contribution in [1.82, 2.24) is 15.5 Å². The minimum absolute atomic E-state index is 0.0775. The molecule has 0 aliphatic heterocycles. The molecule has 0 saturated heterocycles. The molecule has 0 fully saturated rings. The summed E-state index contributed by atoms with van der Waals surface area (Å²) in [5.41, 5.74) is 2.51. The van der Waals surface area contributed by atoms with Crippen LogP contribution in [0, 0.1) is 0 Å². The molecular formula is C24H21N3O3. The average molecular weight is 399 g/mol. The summed E-state index contributed by atoms with van der Waals surface area (Å²) in [5, 5.41) is 6.92. The fourth-order valence-corrected chi connectivity index (χ4v) is 3.00. The van der Waals surface area contributed by atoms with Crippen LogP contribution in [0.3, 0.4) is 0 Å². The van der Waals surface area contributed by atoms with Crippen LogP contribution in [0.2, 0.25) is 0 Å². The normalized spacial score (nSPS) is 10.5. The number of carbonyl (C=O) groups is 1. The van der Waals surface area contributed by atoms with E-state index in [0.717, 1.165) is 12.0 Å². The lowest BCUT2D eigenvalue weighted by molar-refractivity contribution is 0.0948. The third-order valence-corrected chi connectivity index (χ3v) is 4.52. The first kappa shape index (κ1) is 19.4. The van der Waals surface area contributed by atoms with E-state index in [1.807, 2.05) is 66.7 Å². The smallest absolute Gasteiger partial charge is 0.264 e. The largest absolute Gasteiger partial charge is 0.483 e. The van der Waals surface area contributed by atoms with Gasteiger partial charge in [-0.05, 0) is 24.1 Å². The molecule has 0 bridgehead atoms. The Morgan fingerprint density at radius 2 is 1.60 bits per heavy atom. The Morgan fingerprint density at radius 1 is 0.900 bits per heavy atom. The Labute approximate surface area is 174 Å². The van der Waals surface area contributed by atoms with E-state index in [1.54, 1.807) is 18.2 Å². The van der Waals surface area contributed by atoms with Crippen LogP contribution in [0.15, 0.2) is 89.5 Å². The van der Waals surface area contributed by atoms with Gasteiger partial charge < -0.3 is 14.6 Å². The van der Waals surface area contributed by atoms with Gasteiger partial charge in [0.1, 0.15) is 5.75 Å². The van der Waals surface area contributed by atoms with Crippen LogP contribution < -0.4 is 10.1 Å². The van der Waals surface area contributed by atoms with Gasteiger partial charge in [-0.3, -0.25) is 4.79 Å². The van der Waals surface area contributed by atoms with Crippen molar-refractivity contribution >= 4 is 5.91 Å². The fourth-order valence-electron chi connectivity index (χ4n) is 3.00. The van der Waals surface area contributed by atoms with Crippen molar-refractivity contribution < 1.29 is 14.1 Å². The molecule has 6 heteroatoms. The number of carbonyl (C=O) groups excluding carboxylic acids is 1. The molecule has 0 atom stereocenters. The summed E-state index contributed by atoms with van der Waals surface area (Å²) < 4.78 is 11.1. The summed E-state index contributed by atoms with van der Waals surface area (Å²) >= 11 is 0. The minimum atomic E-state index is -0.183. The van der Waals surface area contributed by atoms with Gasteiger partial charge in [-0.25, -0.2) is 0 Å². The van der Waals surface area contributed by atoms with Crippen LogP contribution in [-0.2, 0) is 13.0 Å². The van der Waals surface area contributed by atoms with Crippen molar-refractivity contribution in [2.45, 2.75) is 13.0 Å². The Morgan fingerprint density at radius 3 is 2.40 bits per heavy atom. The van der Waals surface area contributed by atoms with Crippen molar-refractivity contribution in [3.8, 4) is 17.1 Å². The number of amides is 1. The number of benzene rings is 3. The van der Waals surface area contributed by atoms with Gasteiger partial charge in [-0.15, -0.1) is 0 Å². The number of nitrogens with one attached hydrogen (secondary N) is 1. The summed E-state index contributed by atoms with van der Waals surface area (Å²) in [6.45, 7) is 0.620. The molecule has 150 valence electrons. The molecule has 1 aromatic heterocycles. The van der Waals surface area contributed by atoms with E-state index in [4.69, 9.17) is 9.26 Å². The predicted molar refractivity (Wildman–Crippen MR) is 113 cm³/mol. The number of rotatable bonds is 8. The van der Waals surface area contributed by atoms with Gasteiger partial charge in [-0.1, -0.05) is 78.0 Å². The van der Waals surface area contributed by atoms with Crippen molar-refractivity contribution in [2.75, 3.05) is 6.54 Å². The van der Waals surface area contributed by atoms with Crippen LogP contribution in [0.4, 0.5) is 0 Å². The lowest BCUT2D eigenvalue weighted by Crippen LogP contribution is -2.26. The van der Waals surface area contributed by atoms with Gasteiger partial charge in [0.2, 0.25) is 5.82 Å². The number of aromatic nitrogens is 2. The lowest BCUT2D eigenvalue weighted by atomic mass is 10.1. The quantitative estimate of drug-likeness (QED) is 0.478. The second kappa shape index (κ2) is 9.52. The van der Waals surface area contributed by atoms with Gasteiger partial charge in [0.05, 0.1) is 5.56 Å². The monoisotopic (exact) mass is 399 g/mol. The van der Waals surface area contributed by atoms with E-state index in [-0.39, 0.29) is 12.5 Å². The topological polar surface area (TPSA) is 77.2 Å². The van der Waals surface area contributed by atoms with E-state index in [1.165, 1.54) is 5.56 Å². The van der Waals surface area contributed by atoms with Gasteiger partial charge in [0.25, 0.3) is 11.8 Å². The molecule has 4 aromatic rings. The van der Waals surface area contributed by atoms with Crippen molar-refractivity contribution in [3.63, 3.8) is 0 Å². The minimum Gasteiger partial charge on any atom is -0.483 e. The molecule has 0 spiro atoms. The molecule has 30 heavy (non-hydrogen) atoms. The molecule has 1 heterocycles. The molecule has 0 aliphatic rings. The van der Waals surface area contributed by atoms with E-state index in [2.05, 4.69) is 15.5 Å². The van der Waals surface area contributed by atoms with E-state index < -0.39 is 0 Å². The summed E-state index contributed by atoms with van der Waals surface area (Å²) in [4.78, 5) is 17.0. The zero-order valence-electron chi connectivity index (χ0n) is 16.3. The number of nitrogens with zero attached hydrogens (tertiary/aromatic N) is 2. The standard InChI is InChI=1S/C24H21N3O3/c28-24(25-16-15-18-9-3-1-4-10-18)20-13-7-8-14-21(20)29-17-22-26-23(27-30-22)19-11-5-2-6-12-19/h1-14H,15-17H2,(H,25,28). The molecule has 0 unspecified atom stereocenters. The Bertz CT molecular complexity index is 1090. The van der Waals surface area contributed by atoms with E-state index in [9.17, 15) is 4.79 Å². The number of para-hydroxylation sites is 1. The zero-order chi connectivity index (χ0) is 20.6. The molecular weight excluding hydrogens is 378 g/mol. The maximum atomic E-state index is 12.6. The highest BCUT2D eigenvalue weighted by molar-refractivity contribution is 5.96. The molecule has 3 aromatic carbocycles. The summed E-state index contributed by atoms with van der Waals surface area (Å²) in [6.07, 6.45) is 0.764. The van der Waals surface area contributed by atoms with Crippen LogP contribution in [0.5, 0.6) is 5.75 Å². The van der Waals surface area contributed by atoms with Crippen molar-refractivity contribution in [2.24, 2.45) is 0 Å². The third kappa shape index (κ3) is 4.91. The van der Waals surface area contributed by atoms with Gasteiger partial charge >= 0.3 is 0 Å². The second-order valence-electron chi connectivity index (χ2n) is 6.65. The Hall–Kier alpha value is -3.93. The van der Waals surface area contributed by atoms with Crippen molar-refractivity contribution in [1.29, 1.82) is 0 Å². The second-order valence-corrected chi connectivity index (χ2v) is 6.65. The van der Waals surface area contributed by atoms with Gasteiger partial charge in [0, 0.05) is 12.1 Å². The van der Waals surface area contributed by atoms with E-state index in [0.29, 0.717) is 29.6 Å². The van der Waals surface area contributed by atoms with Crippen LogP contribution in [0.1, 0.15) is 21.8 Å². The number of ether oxygens (including phenoxy) is 1. The average Bonchev–Trinajstić information content (AvgIpc) is 3.28. The Kier molecular flexibility index (Phi) is 6.15. The zero-order valence-corrected chi connectivity index (χ0v) is 16.3. The third-order valence-electron chi connectivity index (χ3n) is 4.52. The maximum Gasteiger partial charge on any atom is 0.264 e. The lowest BCUT2D eigenvalue weighted by Gasteiger charge is -2.10. The Balaban J connectivity index is 1.36. The molecule has 6 nitrogen and oxygen atoms in total. The molecule has 0 aliphatic carbocycles. The maximum absolute atomic E-state index is 12.6. The predicted octanol–water partition coefficient (Wildman–Crippen LogP) is 4.29. The van der Waals surface area contributed by atoms with E-state index >= 15 is 0 Å². The van der Waals surface area contributed by atoms with Gasteiger partial charge in [-0.2, -0.15) is 4.98 Å². The highest BCUT2D eigenvalue weighted by Crippen LogP contribution is 2.20. The summed E-state index contributed by atoms with van der Waals surface area (Å²) in [6, 6.07) is 26.7. The highest BCUT2D eigenvalue weighted by atomic mass is 16.5. The first-order valence-electron chi connectivity index (χ1n) is 9.71. The first-order chi connectivity index (χ1) is 14.8. The SMILES string of the molecule is O=C(NCCc1ccccc1)c1ccccc1OCc1nc(-c2ccccc2)no1. The molecule has 1 amide bonds. The number of hydrogen-bond donors (Lipinski definition) is 1. The number of hydrogen-bond acceptors (Lipinski definition) is 5. The highest BCUT2D eigenvalue weighted by Gasteiger charge is 2.14. The molecule has 4 rings (SSSR count). The van der Waals surface area contributed by atoms with Gasteiger partial charge in [0.15, 0.2) is 6.61 Å². The van der Waals surface area contributed by atoms with Crippen molar-refractivity contribution in [3.05, 3.63) is 102 Å². The summed E-state index contributed by atoms with van der Waals surface area (Å²) in [5.74, 6) is 1.13. The molecule has 1 N–H and O–H groups in total. The van der Waals surface area contributed by atoms with Crippen LogP contribution in [-0.4, -0.2) is 22.6 Å². The fraction of sp³-hybridized carbons (Fsp3) is 0.125. The molecule has 0 radical (unpaired) electrons.